The summed E-state index contributed by atoms with van der Waals surface area (Å²) < 4.78 is 20.8. The fourth-order valence-electron chi connectivity index (χ4n) is 1.38. The summed E-state index contributed by atoms with van der Waals surface area (Å²) in [6.45, 7) is 1.25. The monoisotopic (exact) mass is 314 g/mol. The molecule has 18 heavy (non-hydrogen) atoms. The number of nitrogens with two attached hydrogens (primary N) is 1. The SMILES string of the molecule is NCc1cn(CCOc2cc(F)ccc2Br)nn1. The molecule has 0 radical (unpaired) electrons. The summed E-state index contributed by atoms with van der Waals surface area (Å²) in [4.78, 5) is 0. The van der Waals surface area contributed by atoms with Crippen molar-refractivity contribution in [2.24, 2.45) is 5.73 Å². The third-order valence-electron chi connectivity index (χ3n) is 2.27. The van der Waals surface area contributed by atoms with E-state index in [0.29, 0.717) is 29.9 Å². The Hall–Kier alpha value is -1.47. The first kappa shape index (κ1) is 13.0. The van der Waals surface area contributed by atoms with Gasteiger partial charge in [0.1, 0.15) is 18.2 Å². The van der Waals surface area contributed by atoms with Crippen LogP contribution in [0.2, 0.25) is 0 Å². The van der Waals surface area contributed by atoms with Gasteiger partial charge < -0.3 is 10.5 Å². The zero-order valence-electron chi connectivity index (χ0n) is 9.51. The van der Waals surface area contributed by atoms with Crippen molar-refractivity contribution in [2.45, 2.75) is 13.1 Å². The molecule has 0 saturated heterocycles. The maximum atomic E-state index is 13.0. The van der Waals surface area contributed by atoms with Gasteiger partial charge in [-0.25, -0.2) is 9.07 Å². The van der Waals surface area contributed by atoms with Crippen LogP contribution in [-0.2, 0) is 13.1 Å². The first-order valence-electron chi connectivity index (χ1n) is 5.36. The molecule has 0 aliphatic heterocycles. The van der Waals surface area contributed by atoms with Gasteiger partial charge in [-0.1, -0.05) is 5.21 Å². The summed E-state index contributed by atoms with van der Waals surface area (Å²) in [7, 11) is 0. The maximum Gasteiger partial charge on any atom is 0.136 e. The Kier molecular flexibility index (Phi) is 4.27. The Bertz CT molecular complexity index is 532. The number of benzene rings is 1. The highest BCUT2D eigenvalue weighted by molar-refractivity contribution is 9.10. The van der Waals surface area contributed by atoms with Crippen LogP contribution in [-0.4, -0.2) is 21.6 Å². The minimum absolute atomic E-state index is 0.334. The Labute approximate surface area is 112 Å². The van der Waals surface area contributed by atoms with Gasteiger partial charge in [0.25, 0.3) is 0 Å². The molecule has 2 N–H and O–H groups in total. The van der Waals surface area contributed by atoms with Crippen LogP contribution < -0.4 is 10.5 Å². The van der Waals surface area contributed by atoms with Crippen LogP contribution in [0.25, 0.3) is 0 Å². The minimum Gasteiger partial charge on any atom is -0.490 e. The van der Waals surface area contributed by atoms with Crippen LogP contribution in [0.15, 0.2) is 28.9 Å². The van der Waals surface area contributed by atoms with Gasteiger partial charge in [-0.15, -0.1) is 5.10 Å². The quantitative estimate of drug-likeness (QED) is 0.912. The van der Waals surface area contributed by atoms with Crippen molar-refractivity contribution >= 4 is 15.9 Å². The maximum absolute atomic E-state index is 13.0. The van der Waals surface area contributed by atoms with E-state index in [1.54, 1.807) is 16.9 Å². The van der Waals surface area contributed by atoms with Gasteiger partial charge in [0, 0.05) is 18.8 Å². The number of aromatic nitrogens is 3. The molecule has 0 unspecified atom stereocenters. The van der Waals surface area contributed by atoms with Crippen molar-refractivity contribution in [3.05, 3.63) is 40.4 Å². The fourth-order valence-corrected chi connectivity index (χ4v) is 1.74. The average molecular weight is 315 g/mol. The summed E-state index contributed by atoms with van der Waals surface area (Å²) in [5.41, 5.74) is 6.15. The zero-order valence-corrected chi connectivity index (χ0v) is 11.1. The third-order valence-corrected chi connectivity index (χ3v) is 2.92. The van der Waals surface area contributed by atoms with Crippen LogP contribution in [0.1, 0.15) is 5.69 Å². The van der Waals surface area contributed by atoms with E-state index in [2.05, 4.69) is 26.2 Å². The second-order valence-electron chi connectivity index (χ2n) is 3.60. The molecular weight excluding hydrogens is 303 g/mol. The van der Waals surface area contributed by atoms with E-state index in [9.17, 15) is 4.39 Å². The lowest BCUT2D eigenvalue weighted by molar-refractivity contribution is 0.287. The van der Waals surface area contributed by atoms with E-state index in [1.165, 1.54) is 12.1 Å². The Balaban J connectivity index is 1.90. The molecule has 1 heterocycles. The molecular formula is C11H12BrFN4O. The highest BCUT2D eigenvalue weighted by Gasteiger charge is 2.03. The van der Waals surface area contributed by atoms with E-state index in [4.69, 9.17) is 10.5 Å². The van der Waals surface area contributed by atoms with E-state index in [1.807, 2.05) is 0 Å². The van der Waals surface area contributed by atoms with E-state index in [-0.39, 0.29) is 5.82 Å². The summed E-state index contributed by atoms with van der Waals surface area (Å²) in [5.74, 6) is 0.133. The van der Waals surface area contributed by atoms with E-state index < -0.39 is 0 Å². The second-order valence-corrected chi connectivity index (χ2v) is 4.45. The highest BCUT2D eigenvalue weighted by atomic mass is 79.9. The number of nitrogens with zero attached hydrogens (tertiary/aromatic N) is 3. The number of rotatable bonds is 5. The molecule has 0 amide bonds. The van der Waals surface area contributed by atoms with Crippen LogP contribution >= 0.6 is 15.9 Å². The van der Waals surface area contributed by atoms with Gasteiger partial charge in [-0.2, -0.15) is 0 Å². The normalized spacial score (nSPS) is 10.6. The second kappa shape index (κ2) is 5.92. The molecule has 0 atom stereocenters. The number of hydrogen-bond acceptors (Lipinski definition) is 4. The van der Waals surface area contributed by atoms with Crippen molar-refractivity contribution in [3.63, 3.8) is 0 Å². The largest absolute Gasteiger partial charge is 0.490 e. The summed E-state index contributed by atoms with van der Waals surface area (Å²) >= 11 is 3.29. The van der Waals surface area contributed by atoms with E-state index in [0.717, 1.165) is 5.69 Å². The first-order chi connectivity index (χ1) is 8.69. The highest BCUT2D eigenvalue weighted by Crippen LogP contribution is 2.25. The molecule has 0 bridgehead atoms. The van der Waals surface area contributed by atoms with Crippen LogP contribution in [0.3, 0.4) is 0 Å². The molecule has 0 aliphatic carbocycles. The molecule has 1 aromatic heterocycles. The molecule has 1 aromatic carbocycles. The summed E-state index contributed by atoms with van der Waals surface area (Å²) in [6.07, 6.45) is 1.75. The summed E-state index contributed by atoms with van der Waals surface area (Å²) in [5, 5.41) is 7.73. The van der Waals surface area contributed by atoms with Crippen LogP contribution in [0.5, 0.6) is 5.75 Å². The minimum atomic E-state index is -0.334. The predicted molar refractivity (Wildman–Crippen MR) is 67.5 cm³/mol. The fraction of sp³-hybridized carbons (Fsp3) is 0.273. The van der Waals surface area contributed by atoms with Crippen LogP contribution in [0.4, 0.5) is 4.39 Å². The Morgan fingerprint density at radius 1 is 1.44 bits per heavy atom. The first-order valence-corrected chi connectivity index (χ1v) is 6.15. The van der Waals surface area contributed by atoms with Crippen molar-refractivity contribution in [1.29, 1.82) is 0 Å². The number of halogens is 2. The molecule has 0 aliphatic rings. The molecule has 0 saturated carbocycles. The molecule has 96 valence electrons. The van der Waals surface area contributed by atoms with Crippen molar-refractivity contribution in [2.75, 3.05) is 6.61 Å². The standard InChI is InChI=1S/C11H12BrFN4O/c12-10-2-1-8(13)5-11(10)18-4-3-17-7-9(6-14)15-16-17/h1-2,5,7H,3-4,6,14H2. The Morgan fingerprint density at radius 3 is 3.00 bits per heavy atom. The third kappa shape index (κ3) is 3.27. The zero-order chi connectivity index (χ0) is 13.0. The van der Waals surface area contributed by atoms with Gasteiger partial charge in [0.15, 0.2) is 0 Å². The number of hydrogen-bond donors (Lipinski definition) is 1. The molecule has 5 nitrogen and oxygen atoms in total. The smallest absolute Gasteiger partial charge is 0.136 e. The lowest BCUT2D eigenvalue weighted by Crippen LogP contribution is -2.09. The predicted octanol–water partition coefficient (Wildman–Crippen LogP) is 1.72. The van der Waals surface area contributed by atoms with E-state index >= 15 is 0 Å². The van der Waals surface area contributed by atoms with Crippen molar-refractivity contribution in [3.8, 4) is 5.75 Å². The lowest BCUT2D eigenvalue weighted by atomic mass is 10.3. The molecule has 7 heteroatoms. The molecule has 0 spiro atoms. The van der Waals surface area contributed by atoms with Gasteiger partial charge in [-0.05, 0) is 28.1 Å². The molecule has 0 fully saturated rings. The van der Waals surface area contributed by atoms with Crippen molar-refractivity contribution in [1.82, 2.24) is 15.0 Å². The summed E-state index contributed by atoms with van der Waals surface area (Å²) in [6, 6.07) is 4.30. The van der Waals surface area contributed by atoms with Gasteiger partial charge in [0.05, 0.1) is 16.7 Å². The topological polar surface area (TPSA) is 66.0 Å². The van der Waals surface area contributed by atoms with Gasteiger partial charge in [0.2, 0.25) is 0 Å². The number of ether oxygens (including phenoxy) is 1. The Morgan fingerprint density at radius 2 is 2.28 bits per heavy atom. The lowest BCUT2D eigenvalue weighted by Gasteiger charge is -2.07. The average Bonchev–Trinajstić information content (AvgIpc) is 2.81. The van der Waals surface area contributed by atoms with Crippen molar-refractivity contribution < 1.29 is 9.13 Å². The molecule has 2 rings (SSSR count). The van der Waals surface area contributed by atoms with Gasteiger partial charge in [-0.3, -0.25) is 0 Å². The molecule has 2 aromatic rings. The van der Waals surface area contributed by atoms with Crippen LogP contribution in [0, 0.1) is 5.82 Å². The van der Waals surface area contributed by atoms with Gasteiger partial charge >= 0.3 is 0 Å².